The van der Waals surface area contributed by atoms with Gasteiger partial charge in [0.15, 0.2) is 5.82 Å². The normalized spacial score (nSPS) is 18.8. The number of fused-ring (bicyclic) bond motifs is 1. The minimum atomic E-state index is -0.453. The number of carbonyl (C=O) groups excluding carboxylic acids is 1. The van der Waals surface area contributed by atoms with Crippen molar-refractivity contribution in [2.75, 3.05) is 24.5 Å². The average molecular weight is 292 g/mol. The Labute approximate surface area is 125 Å². The number of rotatable bonds is 1. The van der Waals surface area contributed by atoms with E-state index in [1.807, 2.05) is 20.8 Å². The molecule has 0 atom stereocenters. The fourth-order valence-electron chi connectivity index (χ4n) is 2.95. The Morgan fingerprint density at radius 3 is 2.62 bits per heavy atom. The number of carbonyl (C=O) groups is 1. The summed E-state index contributed by atoms with van der Waals surface area (Å²) < 4.78 is 5.48. The molecule has 6 nitrogen and oxygen atoms in total. The Kier molecular flexibility index (Phi) is 3.55. The second-order valence-electron chi connectivity index (χ2n) is 6.85. The fraction of sp³-hybridized carbons (Fsp3) is 0.733. The molecular weight excluding hydrogens is 268 g/mol. The summed E-state index contributed by atoms with van der Waals surface area (Å²) in [6, 6.07) is 0. The second-order valence-corrected chi connectivity index (χ2v) is 6.85. The highest BCUT2D eigenvalue weighted by Crippen LogP contribution is 2.29. The summed E-state index contributed by atoms with van der Waals surface area (Å²) in [5.41, 5.74) is 1.87. The number of aromatic nitrogens is 2. The maximum absolute atomic E-state index is 12.2. The molecule has 1 aromatic heterocycles. The van der Waals surface area contributed by atoms with Crippen LogP contribution in [0.15, 0.2) is 0 Å². The molecule has 1 N–H and O–H groups in total. The summed E-state index contributed by atoms with van der Waals surface area (Å²) in [6.07, 6.45) is 3.02. The van der Waals surface area contributed by atoms with Crippen LogP contribution in [0, 0.1) is 0 Å². The minimum absolute atomic E-state index is 0.235. The quantitative estimate of drug-likeness (QED) is 0.863. The first-order valence-corrected chi connectivity index (χ1v) is 7.73. The predicted octanol–water partition coefficient (Wildman–Crippen LogP) is 2.30. The molecule has 1 aromatic rings. The maximum Gasteiger partial charge on any atom is 0.410 e. The first-order chi connectivity index (χ1) is 9.94. The van der Waals surface area contributed by atoms with Crippen LogP contribution in [0.3, 0.4) is 0 Å². The molecule has 1 fully saturated rings. The molecule has 0 bridgehead atoms. The molecule has 6 heteroatoms. The zero-order valence-corrected chi connectivity index (χ0v) is 13.1. The lowest BCUT2D eigenvalue weighted by molar-refractivity contribution is 0.0224. The number of nitrogens with one attached hydrogen (secondary N) is 1. The van der Waals surface area contributed by atoms with Crippen molar-refractivity contribution >= 4 is 11.9 Å². The number of amides is 1. The summed E-state index contributed by atoms with van der Waals surface area (Å²) in [7, 11) is 0. The van der Waals surface area contributed by atoms with Gasteiger partial charge in [0.05, 0.1) is 6.54 Å². The molecule has 116 valence electrons. The zero-order chi connectivity index (χ0) is 15.0. The summed E-state index contributed by atoms with van der Waals surface area (Å²) in [4.78, 5) is 16.3. The van der Waals surface area contributed by atoms with E-state index in [0.29, 0.717) is 13.1 Å². The van der Waals surface area contributed by atoms with E-state index < -0.39 is 5.60 Å². The zero-order valence-electron chi connectivity index (χ0n) is 13.1. The van der Waals surface area contributed by atoms with Crippen LogP contribution in [0.5, 0.6) is 0 Å². The molecule has 1 saturated heterocycles. The van der Waals surface area contributed by atoms with Gasteiger partial charge in [0, 0.05) is 37.3 Å². The third kappa shape index (κ3) is 2.99. The third-order valence-corrected chi connectivity index (χ3v) is 3.97. The van der Waals surface area contributed by atoms with E-state index >= 15 is 0 Å². The number of nitrogens with zero attached hydrogens (tertiary/aromatic N) is 3. The molecule has 0 radical (unpaired) electrons. The average Bonchev–Trinajstić information content (AvgIpc) is 3.04. The molecule has 3 rings (SSSR count). The standard InChI is InChI=1S/C15H24N4O2/c1-15(2,3)21-14(20)19-9-6-12-11(10-19)13(17-16-12)18-7-4-5-8-18/h4-10H2,1-3H3,(H,16,17). The van der Waals surface area contributed by atoms with Crippen LogP contribution in [0.2, 0.25) is 0 Å². The Bertz CT molecular complexity index is 526. The Hall–Kier alpha value is -1.72. The van der Waals surface area contributed by atoms with Gasteiger partial charge < -0.3 is 14.5 Å². The highest BCUT2D eigenvalue weighted by atomic mass is 16.6. The highest BCUT2D eigenvalue weighted by Gasteiger charge is 2.30. The monoisotopic (exact) mass is 292 g/mol. The lowest BCUT2D eigenvalue weighted by atomic mass is 10.1. The number of H-pyrrole nitrogens is 1. The SMILES string of the molecule is CC(C)(C)OC(=O)N1CCc2[nH]nc(N3CCCC3)c2C1. The van der Waals surface area contributed by atoms with Gasteiger partial charge in [0.25, 0.3) is 0 Å². The Balaban J connectivity index is 1.75. The van der Waals surface area contributed by atoms with Crippen molar-refractivity contribution in [3.63, 3.8) is 0 Å². The van der Waals surface area contributed by atoms with Crippen molar-refractivity contribution in [3.8, 4) is 0 Å². The van der Waals surface area contributed by atoms with Gasteiger partial charge in [-0.05, 0) is 33.6 Å². The molecular formula is C15H24N4O2. The first-order valence-electron chi connectivity index (χ1n) is 7.73. The molecule has 1 amide bonds. The van der Waals surface area contributed by atoms with Crippen molar-refractivity contribution in [1.82, 2.24) is 15.1 Å². The van der Waals surface area contributed by atoms with Gasteiger partial charge in [-0.2, -0.15) is 5.10 Å². The van der Waals surface area contributed by atoms with Gasteiger partial charge in [0.1, 0.15) is 5.60 Å². The number of hydrogen-bond acceptors (Lipinski definition) is 4. The molecule has 2 aliphatic rings. The molecule has 0 spiro atoms. The van der Waals surface area contributed by atoms with Crippen LogP contribution in [0.4, 0.5) is 10.6 Å². The number of aromatic amines is 1. The van der Waals surface area contributed by atoms with Crippen molar-refractivity contribution in [2.24, 2.45) is 0 Å². The fourth-order valence-corrected chi connectivity index (χ4v) is 2.95. The van der Waals surface area contributed by atoms with E-state index in [1.54, 1.807) is 4.90 Å². The predicted molar refractivity (Wildman–Crippen MR) is 80.4 cm³/mol. The van der Waals surface area contributed by atoms with E-state index in [2.05, 4.69) is 15.1 Å². The summed E-state index contributed by atoms with van der Waals surface area (Å²) in [5, 5.41) is 7.61. The van der Waals surface area contributed by atoms with Gasteiger partial charge in [-0.15, -0.1) is 0 Å². The highest BCUT2D eigenvalue weighted by molar-refractivity contribution is 5.69. The van der Waals surface area contributed by atoms with Crippen molar-refractivity contribution in [3.05, 3.63) is 11.3 Å². The van der Waals surface area contributed by atoms with E-state index in [4.69, 9.17) is 4.74 Å². The lowest BCUT2D eigenvalue weighted by Crippen LogP contribution is -2.40. The largest absolute Gasteiger partial charge is 0.444 e. The van der Waals surface area contributed by atoms with E-state index in [1.165, 1.54) is 12.8 Å². The molecule has 0 saturated carbocycles. The third-order valence-electron chi connectivity index (χ3n) is 3.97. The summed E-state index contributed by atoms with van der Waals surface area (Å²) in [5.74, 6) is 1.02. The van der Waals surface area contributed by atoms with Gasteiger partial charge in [0.2, 0.25) is 0 Å². The number of hydrogen-bond donors (Lipinski definition) is 1. The van der Waals surface area contributed by atoms with Gasteiger partial charge in [-0.25, -0.2) is 4.79 Å². The molecule has 0 aliphatic carbocycles. The lowest BCUT2D eigenvalue weighted by Gasteiger charge is -2.30. The van der Waals surface area contributed by atoms with E-state index in [9.17, 15) is 4.79 Å². The van der Waals surface area contributed by atoms with Crippen LogP contribution in [-0.2, 0) is 17.7 Å². The van der Waals surface area contributed by atoms with Crippen LogP contribution in [-0.4, -0.2) is 46.4 Å². The summed E-state index contributed by atoms with van der Waals surface area (Å²) in [6.45, 7) is 9.08. The molecule has 0 unspecified atom stereocenters. The summed E-state index contributed by atoms with van der Waals surface area (Å²) >= 11 is 0. The van der Waals surface area contributed by atoms with E-state index in [0.717, 1.165) is 36.6 Å². The van der Waals surface area contributed by atoms with Gasteiger partial charge >= 0.3 is 6.09 Å². The molecule has 0 aromatic carbocycles. The molecule has 21 heavy (non-hydrogen) atoms. The van der Waals surface area contributed by atoms with Gasteiger partial charge in [-0.1, -0.05) is 0 Å². The van der Waals surface area contributed by atoms with E-state index in [-0.39, 0.29) is 6.09 Å². The Morgan fingerprint density at radius 2 is 1.95 bits per heavy atom. The smallest absolute Gasteiger partial charge is 0.410 e. The van der Waals surface area contributed by atoms with Crippen LogP contribution >= 0.6 is 0 Å². The second kappa shape index (κ2) is 5.24. The van der Waals surface area contributed by atoms with Crippen LogP contribution in [0.25, 0.3) is 0 Å². The number of anilines is 1. The van der Waals surface area contributed by atoms with Crippen molar-refractivity contribution in [1.29, 1.82) is 0 Å². The first kappa shape index (κ1) is 14.2. The van der Waals surface area contributed by atoms with Crippen molar-refractivity contribution < 1.29 is 9.53 Å². The molecule has 3 heterocycles. The van der Waals surface area contributed by atoms with Crippen molar-refractivity contribution in [2.45, 2.75) is 52.2 Å². The Morgan fingerprint density at radius 1 is 1.24 bits per heavy atom. The maximum atomic E-state index is 12.2. The van der Waals surface area contributed by atoms with Gasteiger partial charge in [-0.3, -0.25) is 5.10 Å². The van der Waals surface area contributed by atoms with Crippen LogP contribution < -0.4 is 4.90 Å². The molecule has 2 aliphatic heterocycles. The topological polar surface area (TPSA) is 61.5 Å². The van der Waals surface area contributed by atoms with Crippen LogP contribution in [0.1, 0.15) is 44.9 Å². The number of ether oxygens (including phenoxy) is 1. The minimum Gasteiger partial charge on any atom is -0.444 e.